The Balaban J connectivity index is 1.38. The third-order valence-electron chi connectivity index (χ3n) is 6.57. The molecule has 1 spiro atoms. The molecule has 0 saturated carbocycles. The number of piperidine rings is 1. The van der Waals surface area contributed by atoms with Gasteiger partial charge in [-0.25, -0.2) is 4.79 Å². The van der Waals surface area contributed by atoms with Crippen LogP contribution in [-0.4, -0.2) is 64.7 Å². The molecule has 0 aliphatic carbocycles. The fourth-order valence-electron chi connectivity index (χ4n) is 5.05. The van der Waals surface area contributed by atoms with E-state index in [0.717, 1.165) is 51.7 Å². The Morgan fingerprint density at radius 3 is 2.61 bits per heavy atom. The van der Waals surface area contributed by atoms with Crippen LogP contribution in [0.25, 0.3) is 0 Å². The molecule has 1 aromatic rings. The van der Waals surface area contributed by atoms with Crippen molar-refractivity contribution in [2.24, 2.45) is 0 Å². The average molecular weight is 450 g/mol. The number of fused-ring (bicyclic) bond motifs is 2. The van der Waals surface area contributed by atoms with Crippen molar-refractivity contribution >= 4 is 23.5 Å². The van der Waals surface area contributed by atoms with Crippen molar-refractivity contribution in [3.05, 3.63) is 28.8 Å². The number of imide groups is 1. The number of nitrogens with zero attached hydrogens (tertiary/aromatic N) is 2. The zero-order valence-electron chi connectivity index (χ0n) is 18.3. The highest BCUT2D eigenvalue weighted by Gasteiger charge is 2.58. The van der Waals surface area contributed by atoms with Gasteiger partial charge in [0, 0.05) is 36.6 Å². The molecule has 0 bridgehead atoms. The summed E-state index contributed by atoms with van der Waals surface area (Å²) in [7, 11) is 0. The Labute approximate surface area is 188 Å². The van der Waals surface area contributed by atoms with Crippen LogP contribution in [0.15, 0.2) is 18.2 Å². The molecule has 1 atom stereocenters. The number of unbranched alkanes of at least 4 members (excludes halogenated alkanes) is 2. The van der Waals surface area contributed by atoms with Gasteiger partial charge in [0.15, 0.2) is 5.54 Å². The second-order valence-electron chi connectivity index (χ2n) is 9.60. The van der Waals surface area contributed by atoms with Gasteiger partial charge < -0.3 is 20.1 Å². The largest absolute Gasteiger partial charge is 0.487 e. The third kappa shape index (κ3) is 4.54. The number of likely N-dealkylation sites (tertiary alicyclic amines) is 1. The molecule has 4 rings (SSSR count). The van der Waals surface area contributed by atoms with Gasteiger partial charge in [0.25, 0.3) is 5.91 Å². The van der Waals surface area contributed by atoms with Crippen molar-refractivity contribution in [1.82, 2.24) is 15.1 Å². The molecule has 3 heterocycles. The maximum atomic E-state index is 13.5. The summed E-state index contributed by atoms with van der Waals surface area (Å²) in [6.45, 7) is 7.13. The number of rotatable bonds is 6. The van der Waals surface area contributed by atoms with Crippen LogP contribution in [0.2, 0.25) is 5.02 Å². The molecule has 2 N–H and O–H groups in total. The van der Waals surface area contributed by atoms with Gasteiger partial charge in [-0.2, -0.15) is 0 Å². The van der Waals surface area contributed by atoms with E-state index in [1.807, 2.05) is 13.8 Å². The number of hydrogen-bond donors (Lipinski definition) is 2. The molecule has 8 heteroatoms. The van der Waals surface area contributed by atoms with E-state index in [-0.39, 0.29) is 18.0 Å². The molecule has 3 aliphatic heterocycles. The lowest BCUT2D eigenvalue weighted by Gasteiger charge is -2.42. The number of nitrogens with one attached hydrogen (secondary N) is 1. The van der Waals surface area contributed by atoms with Gasteiger partial charge in [0.05, 0.1) is 6.10 Å². The van der Waals surface area contributed by atoms with Gasteiger partial charge >= 0.3 is 6.03 Å². The molecule has 1 unspecified atom stereocenters. The van der Waals surface area contributed by atoms with Crippen LogP contribution in [0, 0.1) is 0 Å². The first kappa shape index (κ1) is 22.4. The van der Waals surface area contributed by atoms with E-state index in [9.17, 15) is 14.7 Å². The van der Waals surface area contributed by atoms with Crippen LogP contribution in [0.4, 0.5) is 4.79 Å². The van der Waals surface area contributed by atoms with Crippen LogP contribution < -0.4 is 10.1 Å². The molecule has 3 aliphatic rings. The zero-order valence-corrected chi connectivity index (χ0v) is 19.1. The quantitative estimate of drug-likeness (QED) is 0.514. The minimum absolute atomic E-state index is 0.154. The number of hydrogen-bond acceptors (Lipinski definition) is 5. The van der Waals surface area contributed by atoms with E-state index in [1.54, 1.807) is 18.2 Å². The summed E-state index contributed by atoms with van der Waals surface area (Å²) < 4.78 is 6.06. The van der Waals surface area contributed by atoms with E-state index in [1.165, 1.54) is 4.90 Å². The molecule has 31 heavy (non-hydrogen) atoms. The van der Waals surface area contributed by atoms with Crippen molar-refractivity contribution in [2.75, 3.05) is 26.2 Å². The summed E-state index contributed by atoms with van der Waals surface area (Å²) in [6, 6.07) is 4.88. The average Bonchev–Trinajstić information content (AvgIpc) is 2.93. The number of carbonyl (C=O) groups is 2. The summed E-state index contributed by atoms with van der Waals surface area (Å²) in [4.78, 5) is 30.0. The molecule has 3 amide bonds. The molecule has 1 aromatic carbocycles. The normalized spacial score (nSPS) is 26.1. The maximum Gasteiger partial charge on any atom is 0.325 e. The van der Waals surface area contributed by atoms with Gasteiger partial charge in [-0.1, -0.05) is 18.0 Å². The van der Waals surface area contributed by atoms with Crippen LogP contribution in [0.5, 0.6) is 5.75 Å². The monoisotopic (exact) mass is 449 g/mol. The second-order valence-corrected chi connectivity index (χ2v) is 10.0. The Morgan fingerprint density at radius 1 is 1.16 bits per heavy atom. The highest BCUT2D eigenvalue weighted by Crippen LogP contribution is 2.47. The summed E-state index contributed by atoms with van der Waals surface area (Å²) in [5, 5.41) is 13.1. The maximum absolute atomic E-state index is 13.5. The molecule has 0 radical (unpaired) electrons. The summed E-state index contributed by atoms with van der Waals surface area (Å²) in [5.41, 5.74) is -1.09. The smallest absolute Gasteiger partial charge is 0.325 e. The van der Waals surface area contributed by atoms with E-state index in [4.69, 9.17) is 16.3 Å². The predicted molar refractivity (Wildman–Crippen MR) is 118 cm³/mol. The Kier molecular flexibility index (Phi) is 6.21. The second kappa shape index (κ2) is 8.60. The first-order valence-electron chi connectivity index (χ1n) is 11.2. The van der Waals surface area contributed by atoms with Crippen LogP contribution in [0.3, 0.4) is 0 Å². The minimum Gasteiger partial charge on any atom is -0.487 e. The van der Waals surface area contributed by atoms with Crippen molar-refractivity contribution in [3.63, 3.8) is 0 Å². The fraction of sp³-hybridized carbons (Fsp3) is 0.652. The lowest BCUT2D eigenvalue weighted by molar-refractivity contribution is -0.134. The van der Waals surface area contributed by atoms with Gasteiger partial charge in [-0.05, 0) is 64.3 Å². The zero-order chi connectivity index (χ0) is 22.2. The Morgan fingerprint density at radius 2 is 1.87 bits per heavy atom. The highest BCUT2D eigenvalue weighted by atomic mass is 35.5. The molecule has 2 fully saturated rings. The SMILES string of the molecule is CC1(C)CC2(NC(=O)N(CCCCCN3CCC(O)CC3)C2=O)c2cc(Cl)ccc2O1. The van der Waals surface area contributed by atoms with Crippen LogP contribution in [0.1, 0.15) is 57.9 Å². The van der Waals surface area contributed by atoms with Gasteiger partial charge in [-0.15, -0.1) is 0 Å². The number of halogens is 1. The first-order chi connectivity index (χ1) is 14.7. The number of amides is 3. The van der Waals surface area contributed by atoms with E-state index in [0.29, 0.717) is 29.3 Å². The molecular weight excluding hydrogens is 418 g/mol. The third-order valence-corrected chi connectivity index (χ3v) is 6.80. The van der Waals surface area contributed by atoms with Crippen molar-refractivity contribution in [1.29, 1.82) is 0 Å². The summed E-state index contributed by atoms with van der Waals surface area (Å²) >= 11 is 6.21. The number of urea groups is 1. The minimum atomic E-state index is -1.13. The number of carbonyl (C=O) groups excluding carboxylic acids is 2. The fourth-order valence-corrected chi connectivity index (χ4v) is 5.22. The Bertz CT molecular complexity index is 853. The van der Waals surface area contributed by atoms with Crippen LogP contribution >= 0.6 is 11.6 Å². The standard InChI is InChI=1S/C23H32ClN3O4/c1-22(2)15-23(18-14-16(24)6-7-19(18)31-22)20(29)27(21(30)25-23)11-5-3-4-10-26-12-8-17(28)9-13-26/h6-7,14,17,28H,3-5,8-13,15H2,1-2H3,(H,25,30). The lowest BCUT2D eigenvalue weighted by atomic mass is 9.77. The molecule has 2 saturated heterocycles. The van der Waals surface area contributed by atoms with E-state index >= 15 is 0 Å². The Hall–Kier alpha value is -1.83. The number of aliphatic hydroxyl groups is 1. The van der Waals surface area contributed by atoms with E-state index in [2.05, 4.69) is 10.2 Å². The number of ether oxygens (including phenoxy) is 1. The van der Waals surface area contributed by atoms with E-state index < -0.39 is 11.1 Å². The van der Waals surface area contributed by atoms with Crippen molar-refractivity contribution < 1.29 is 19.4 Å². The molecular formula is C23H32ClN3O4. The number of benzene rings is 1. The predicted octanol–water partition coefficient (Wildman–Crippen LogP) is 3.28. The number of aliphatic hydroxyl groups excluding tert-OH is 1. The molecule has 0 aromatic heterocycles. The summed E-state index contributed by atoms with van der Waals surface area (Å²) in [5.74, 6) is 0.366. The highest BCUT2D eigenvalue weighted by molar-refractivity contribution is 6.30. The summed E-state index contributed by atoms with van der Waals surface area (Å²) in [6.07, 6.45) is 4.62. The topological polar surface area (TPSA) is 82.1 Å². The van der Waals surface area contributed by atoms with Gasteiger partial charge in [0.2, 0.25) is 0 Å². The van der Waals surface area contributed by atoms with Gasteiger partial charge in [-0.3, -0.25) is 9.69 Å². The van der Waals surface area contributed by atoms with Crippen molar-refractivity contribution in [3.8, 4) is 5.75 Å². The lowest BCUT2D eigenvalue weighted by Crippen LogP contribution is -2.53. The molecule has 7 nitrogen and oxygen atoms in total. The van der Waals surface area contributed by atoms with Gasteiger partial charge in [0.1, 0.15) is 11.4 Å². The first-order valence-corrected chi connectivity index (χ1v) is 11.6. The van der Waals surface area contributed by atoms with Crippen LogP contribution in [-0.2, 0) is 10.3 Å². The van der Waals surface area contributed by atoms with Crippen molar-refractivity contribution in [2.45, 2.75) is 69.6 Å². The molecule has 170 valence electrons.